The predicted octanol–water partition coefficient (Wildman–Crippen LogP) is 2.48. The maximum atomic E-state index is 12.1. The van der Waals surface area contributed by atoms with Gasteiger partial charge in [0.15, 0.2) is 0 Å². The van der Waals surface area contributed by atoms with Crippen LogP contribution in [0.25, 0.3) is 11.3 Å². The molecule has 0 aliphatic heterocycles. The summed E-state index contributed by atoms with van der Waals surface area (Å²) in [5.74, 6) is 0.289. The maximum absolute atomic E-state index is 12.1. The van der Waals surface area contributed by atoms with Gasteiger partial charge in [0, 0.05) is 12.1 Å². The fourth-order valence-corrected chi connectivity index (χ4v) is 2.16. The Kier molecular flexibility index (Phi) is 3.93. The fraction of sp³-hybridized carbons (Fsp3) is 0.375. The van der Waals surface area contributed by atoms with Gasteiger partial charge >= 0.3 is 5.56 Å². The average Bonchev–Trinajstić information content (AvgIpc) is 2.40. The van der Waals surface area contributed by atoms with Gasteiger partial charge in [0.25, 0.3) is 0 Å². The summed E-state index contributed by atoms with van der Waals surface area (Å²) in [6.07, 6.45) is 0. The van der Waals surface area contributed by atoms with Gasteiger partial charge in [0.2, 0.25) is 5.43 Å². The van der Waals surface area contributed by atoms with Crippen LogP contribution in [0.2, 0.25) is 0 Å². The Morgan fingerprint density at radius 3 is 2.25 bits per heavy atom. The number of hydrogen-bond acceptors (Lipinski definition) is 2. The molecule has 4 nitrogen and oxygen atoms in total. The van der Waals surface area contributed by atoms with E-state index in [4.69, 9.17) is 0 Å². The van der Waals surface area contributed by atoms with Crippen molar-refractivity contribution in [3.8, 4) is 11.3 Å². The quantitative estimate of drug-likeness (QED) is 0.873. The van der Waals surface area contributed by atoms with Gasteiger partial charge < -0.3 is 0 Å². The first-order valence-corrected chi connectivity index (χ1v) is 6.81. The number of nitrogens with one attached hydrogen (secondary N) is 1. The third-order valence-electron chi connectivity index (χ3n) is 3.29. The van der Waals surface area contributed by atoms with Crippen molar-refractivity contribution in [1.82, 2.24) is 9.78 Å². The van der Waals surface area contributed by atoms with Gasteiger partial charge in [-0.15, -0.1) is 0 Å². The second kappa shape index (κ2) is 5.49. The smallest absolute Gasteiger partial charge is 0.295 e. The summed E-state index contributed by atoms with van der Waals surface area (Å²) >= 11 is 0. The molecule has 0 aliphatic rings. The normalized spacial score (nSPS) is 11.1. The zero-order chi connectivity index (χ0) is 14.9. The van der Waals surface area contributed by atoms with Gasteiger partial charge in [-0.05, 0) is 25.3 Å². The third-order valence-corrected chi connectivity index (χ3v) is 3.29. The lowest BCUT2D eigenvalue weighted by Crippen LogP contribution is -2.39. The number of nitrogens with zero attached hydrogens (tertiary/aromatic N) is 1. The number of H-pyrrole nitrogens is 1. The molecule has 0 spiro atoms. The Balaban J connectivity index is 2.64. The van der Waals surface area contributed by atoms with E-state index in [-0.39, 0.29) is 5.92 Å². The predicted molar refractivity (Wildman–Crippen MR) is 81.1 cm³/mol. The van der Waals surface area contributed by atoms with Crippen molar-refractivity contribution in [3.63, 3.8) is 0 Å². The van der Waals surface area contributed by atoms with Crippen LogP contribution < -0.4 is 11.0 Å². The molecule has 0 radical (unpaired) electrons. The van der Waals surface area contributed by atoms with Crippen LogP contribution in [0, 0.1) is 19.8 Å². The van der Waals surface area contributed by atoms with Crippen LogP contribution in [0.3, 0.4) is 0 Å². The van der Waals surface area contributed by atoms with E-state index < -0.39 is 11.0 Å². The monoisotopic (exact) mass is 272 g/mol. The van der Waals surface area contributed by atoms with Gasteiger partial charge in [-0.3, -0.25) is 14.7 Å². The van der Waals surface area contributed by atoms with Gasteiger partial charge in [0.05, 0.1) is 5.69 Å². The summed E-state index contributed by atoms with van der Waals surface area (Å²) < 4.78 is 1.41. The van der Waals surface area contributed by atoms with Crippen molar-refractivity contribution < 1.29 is 0 Å². The Bertz CT molecular complexity index is 722. The van der Waals surface area contributed by atoms with Crippen molar-refractivity contribution in [2.45, 2.75) is 34.2 Å². The Morgan fingerprint density at radius 1 is 1.10 bits per heavy atom. The molecule has 1 heterocycles. The molecular formula is C16H20N2O2. The van der Waals surface area contributed by atoms with Crippen LogP contribution in [0.5, 0.6) is 0 Å². The number of aromatic amines is 1. The maximum Gasteiger partial charge on any atom is 0.312 e. The Hall–Kier alpha value is -2.10. The second-order valence-electron chi connectivity index (χ2n) is 5.62. The van der Waals surface area contributed by atoms with Crippen molar-refractivity contribution in [3.05, 3.63) is 56.0 Å². The molecule has 0 saturated carbocycles. The molecule has 2 aromatic rings. The highest BCUT2D eigenvalue weighted by Crippen LogP contribution is 2.18. The lowest BCUT2D eigenvalue weighted by molar-refractivity contribution is 0.462. The minimum absolute atomic E-state index is 0.289. The first kappa shape index (κ1) is 14.3. The lowest BCUT2D eigenvalue weighted by Gasteiger charge is -2.13. The van der Waals surface area contributed by atoms with Crippen LogP contribution in [-0.2, 0) is 6.54 Å². The van der Waals surface area contributed by atoms with E-state index in [1.807, 2.05) is 45.0 Å². The third kappa shape index (κ3) is 2.74. The molecule has 106 valence electrons. The van der Waals surface area contributed by atoms with Crippen molar-refractivity contribution >= 4 is 0 Å². The number of hydrogen-bond donors (Lipinski definition) is 1. The zero-order valence-electron chi connectivity index (χ0n) is 12.4. The van der Waals surface area contributed by atoms with Gasteiger partial charge in [-0.1, -0.05) is 43.7 Å². The summed E-state index contributed by atoms with van der Waals surface area (Å²) in [4.78, 5) is 24.1. The van der Waals surface area contributed by atoms with Crippen LogP contribution in [0.1, 0.15) is 25.0 Å². The summed E-state index contributed by atoms with van der Waals surface area (Å²) in [6, 6.07) is 7.89. The number of benzene rings is 1. The molecule has 0 aliphatic carbocycles. The molecule has 1 aromatic heterocycles. The van der Waals surface area contributed by atoms with Gasteiger partial charge in [0.1, 0.15) is 0 Å². The van der Waals surface area contributed by atoms with E-state index >= 15 is 0 Å². The first-order chi connectivity index (χ1) is 9.40. The van der Waals surface area contributed by atoms with E-state index in [1.165, 1.54) is 4.68 Å². The molecule has 0 amide bonds. The van der Waals surface area contributed by atoms with E-state index in [2.05, 4.69) is 5.10 Å². The van der Waals surface area contributed by atoms with Crippen molar-refractivity contribution in [2.75, 3.05) is 0 Å². The summed E-state index contributed by atoms with van der Waals surface area (Å²) in [5.41, 5.74) is 2.35. The van der Waals surface area contributed by atoms with Gasteiger partial charge in [-0.2, -0.15) is 0 Å². The van der Waals surface area contributed by atoms with Crippen LogP contribution in [-0.4, -0.2) is 9.78 Å². The molecule has 4 heteroatoms. The highest BCUT2D eigenvalue weighted by Gasteiger charge is 2.12. The van der Waals surface area contributed by atoms with Crippen molar-refractivity contribution in [2.24, 2.45) is 5.92 Å². The molecule has 0 unspecified atom stereocenters. The first-order valence-electron chi connectivity index (χ1n) is 6.81. The molecule has 0 bridgehead atoms. The Morgan fingerprint density at radius 2 is 1.70 bits per heavy atom. The standard InChI is InChI=1S/C16H20N2O2/c1-10(2)9-18-16(20)15(19)12(4)14(17-18)13-7-5-11(3)6-8-13/h5-8,10,17H,9H2,1-4H3. The van der Waals surface area contributed by atoms with E-state index in [1.54, 1.807) is 6.92 Å². The molecule has 0 saturated heterocycles. The highest BCUT2D eigenvalue weighted by atomic mass is 16.2. The molecular weight excluding hydrogens is 252 g/mol. The second-order valence-corrected chi connectivity index (χ2v) is 5.62. The molecule has 2 rings (SSSR count). The van der Waals surface area contributed by atoms with E-state index in [0.717, 1.165) is 16.8 Å². The van der Waals surface area contributed by atoms with E-state index in [9.17, 15) is 9.59 Å². The summed E-state index contributed by atoms with van der Waals surface area (Å²) in [7, 11) is 0. The average molecular weight is 272 g/mol. The van der Waals surface area contributed by atoms with E-state index in [0.29, 0.717) is 12.1 Å². The number of rotatable bonds is 3. The van der Waals surface area contributed by atoms with Crippen LogP contribution in [0.15, 0.2) is 33.9 Å². The number of aromatic nitrogens is 2. The summed E-state index contributed by atoms with van der Waals surface area (Å²) in [6.45, 7) is 8.23. The molecule has 20 heavy (non-hydrogen) atoms. The van der Waals surface area contributed by atoms with Crippen LogP contribution in [0.4, 0.5) is 0 Å². The van der Waals surface area contributed by atoms with Crippen LogP contribution >= 0.6 is 0 Å². The SMILES string of the molecule is Cc1ccc(-c2[nH]n(CC(C)C)c(=O)c(=O)c2C)cc1. The molecule has 0 fully saturated rings. The largest absolute Gasteiger partial charge is 0.312 e. The molecule has 1 aromatic carbocycles. The topological polar surface area (TPSA) is 54.9 Å². The minimum atomic E-state index is -0.480. The molecule has 1 N–H and O–H groups in total. The zero-order valence-corrected chi connectivity index (χ0v) is 12.4. The minimum Gasteiger partial charge on any atom is -0.295 e. The molecule has 0 atom stereocenters. The summed E-state index contributed by atoms with van der Waals surface area (Å²) in [5, 5.41) is 3.09. The van der Waals surface area contributed by atoms with Gasteiger partial charge in [-0.25, -0.2) is 4.68 Å². The Labute approximate surface area is 118 Å². The fourth-order valence-electron chi connectivity index (χ4n) is 2.16. The highest BCUT2D eigenvalue weighted by molar-refractivity contribution is 5.62. The van der Waals surface area contributed by atoms with Crippen molar-refractivity contribution in [1.29, 1.82) is 0 Å². The lowest BCUT2D eigenvalue weighted by atomic mass is 10.1. The number of aryl methyl sites for hydroxylation is 1.